The summed E-state index contributed by atoms with van der Waals surface area (Å²) in [5.41, 5.74) is 6.91. The van der Waals surface area contributed by atoms with Crippen molar-refractivity contribution in [1.82, 2.24) is 10.2 Å². The monoisotopic (exact) mass is 353 g/mol. The third-order valence-corrected chi connectivity index (χ3v) is 4.59. The fraction of sp³-hybridized carbons (Fsp3) is 0.556. The lowest BCUT2D eigenvalue weighted by molar-refractivity contribution is -0.133. The lowest BCUT2D eigenvalue weighted by Crippen LogP contribution is -2.43. The van der Waals surface area contributed by atoms with Crippen molar-refractivity contribution in [2.45, 2.75) is 45.2 Å². The molecule has 2 atom stereocenters. The number of nitrogens with two attached hydrogens (primary N) is 1. The van der Waals surface area contributed by atoms with E-state index < -0.39 is 0 Å². The van der Waals surface area contributed by atoms with Crippen molar-refractivity contribution in [2.75, 3.05) is 13.1 Å². The molecule has 24 heavy (non-hydrogen) atoms. The molecule has 1 heterocycles. The van der Waals surface area contributed by atoms with Gasteiger partial charge in [0, 0.05) is 26.1 Å². The molecule has 1 aliphatic rings. The number of hydrogen-bond acceptors (Lipinski definition) is 3. The van der Waals surface area contributed by atoms with E-state index in [0.29, 0.717) is 12.3 Å². The van der Waals surface area contributed by atoms with Gasteiger partial charge in [0.15, 0.2) is 0 Å². The van der Waals surface area contributed by atoms with Gasteiger partial charge in [0.2, 0.25) is 11.8 Å². The van der Waals surface area contributed by atoms with Crippen LogP contribution in [0.15, 0.2) is 30.3 Å². The first-order chi connectivity index (χ1) is 11.0. The largest absolute Gasteiger partial charge is 0.349 e. The number of benzene rings is 1. The molecule has 2 amide bonds. The zero-order chi connectivity index (χ0) is 16.8. The molecule has 5 nitrogen and oxygen atoms in total. The van der Waals surface area contributed by atoms with Crippen LogP contribution in [0.1, 0.15) is 44.7 Å². The number of rotatable bonds is 5. The number of carbonyl (C=O) groups excluding carboxylic acids is 2. The van der Waals surface area contributed by atoms with Gasteiger partial charge in [-0.2, -0.15) is 0 Å². The van der Waals surface area contributed by atoms with Crippen molar-refractivity contribution in [3.05, 3.63) is 35.9 Å². The first-order valence-corrected chi connectivity index (χ1v) is 8.32. The summed E-state index contributed by atoms with van der Waals surface area (Å²) in [4.78, 5) is 25.9. The maximum atomic E-state index is 12.6. The molecule has 2 unspecified atom stereocenters. The number of halogens is 1. The number of hydrogen-bond donors (Lipinski definition) is 2. The Morgan fingerprint density at radius 2 is 1.83 bits per heavy atom. The summed E-state index contributed by atoms with van der Waals surface area (Å²) in [5, 5.41) is 2.89. The van der Waals surface area contributed by atoms with Crippen LogP contribution in [0.2, 0.25) is 0 Å². The summed E-state index contributed by atoms with van der Waals surface area (Å²) in [6.45, 7) is 5.03. The van der Waals surface area contributed by atoms with Gasteiger partial charge >= 0.3 is 0 Å². The van der Waals surface area contributed by atoms with E-state index in [9.17, 15) is 9.59 Å². The van der Waals surface area contributed by atoms with Crippen molar-refractivity contribution in [3.8, 4) is 0 Å². The molecule has 3 N–H and O–H groups in total. The minimum absolute atomic E-state index is 0. The average Bonchev–Trinajstić information content (AvgIpc) is 2.54. The number of carbonyl (C=O) groups is 2. The van der Waals surface area contributed by atoms with E-state index in [1.165, 1.54) is 6.92 Å². The molecule has 1 saturated heterocycles. The molecule has 134 valence electrons. The molecule has 1 fully saturated rings. The molecule has 0 saturated carbocycles. The van der Waals surface area contributed by atoms with Crippen LogP contribution >= 0.6 is 12.4 Å². The number of piperidine rings is 1. The van der Waals surface area contributed by atoms with Gasteiger partial charge < -0.3 is 16.0 Å². The zero-order valence-corrected chi connectivity index (χ0v) is 15.2. The predicted molar refractivity (Wildman–Crippen MR) is 97.8 cm³/mol. The van der Waals surface area contributed by atoms with E-state index in [4.69, 9.17) is 5.73 Å². The summed E-state index contributed by atoms with van der Waals surface area (Å²) < 4.78 is 0. The molecule has 1 aromatic rings. The second-order valence-electron chi connectivity index (χ2n) is 6.45. The molecular formula is C18H28ClN3O2. The summed E-state index contributed by atoms with van der Waals surface area (Å²) in [7, 11) is 0. The number of nitrogens with zero attached hydrogens (tertiary/aromatic N) is 1. The zero-order valence-electron chi connectivity index (χ0n) is 14.4. The second kappa shape index (κ2) is 9.64. The van der Waals surface area contributed by atoms with Gasteiger partial charge in [-0.15, -0.1) is 12.4 Å². The molecule has 1 aliphatic heterocycles. The quantitative estimate of drug-likeness (QED) is 0.852. The fourth-order valence-electron chi connectivity index (χ4n) is 3.16. The third-order valence-electron chi connectivity index (χ3n) is 4.59. The first kappa shape index (κ1) is 20.5. The number of amides is 2. The molecule has 0 aliphatic carbocycles. The van der Waals surface area contributed by atoms with Crippen LogP contribution in [0.25, 0.3) is 0 Å². The van der Waals surface area contributed by atoms with Crippen molar-refractivity contribution in [3.63, 3.8) is 0 Å². The van der Waals surface area contributed by atoms with E-state index in [2.05, 4.69) is 5.32 Å². The van der Waals surface area contributed by atoms with Crippen LogP contribution in [0.3, 0.4) is 0 Å². The highest BCUT2D eigenvalue weighted by Crippen LogP contribution is 2.23. The Morgan fingerprint density at radius 1 is 1.25 bits per heavy atom. The average molecular weight is 354 g/mol. The van der Waals surface area contributed by atoms with E-state index in [-0.39, 0.29) is 36.3 Å². The van der Waals surface area contributed by atoms with Gasteiger partial charge in [-0.05, 0) is 31.2 Å². The molecule has 6 heteroatoms. The van der Waals surface area contributed by atoms with Crippen LogP contribution < -0.4 is 11.1 Å². The third kappa shape index (κ3) is 5.80. The van der Waals surface area contributed by atoms with E-state index in [0.717, 1.165) is 31.5 Å². The molecule has 0 spiro atoms. The highest BCUT2D eigenvalue weighted by Gasteiger charge is 2.26. The first-order valence-electron chi connectivity index (χ1n) is 8.32. The van der Waals surface area contributed by atoms with Gasteiger partial charge in [-0.25, -0.2) is 0 Å². The Labute approximate surface area is 150 Å². The smallest absolute Gasteiger partial charge is 0.224 e. The van der Waals surface area contributed by atoms with Crippen molar-refractivity contribution in [1.29, 1.82) is 0 Å². The van der Waals surface area contributed by atoms with E-state index in [1.54, 1.807) is 0 Å². The van der Waals surface area contributed by atoms with Gasteiger partial charge in [-0.1, -0.05) is 30.3 Å². The van der Waals surface area contributed by atoms with Crippen LogP contribution in [0.5, 0.6) is 0 Å². The summed E-state index contributed by atoms with van der Waals surface area (Å²) in [6, 6.07) is 9.56. The molecule has 2 rings (SSSR count). The van der Waals surface area contributed by atoms with Gasteiger partial charge in [-0.3, -0.25) is 9.59 Å². The van der Waals surface area contributed by atoms with E-state index in [1.807, 2.05) is 42.2 Å². The predicted octanol–water partition coefficient (Wildman–Crippen LogP) is 2.26. The van der Waals surface area contributed by atoms with E-state index >= 15 is 0 Å². The molecule has 0 bridgehead atoms. The van der Waals surface area contributed by atoms with Crippen LogP contribution in [-0.4, -0.2) is 35.8 Å². The molecular weight excluding hydrogens is 326 g/mol. The fourth-order valence-corrected chi connectivity index (χ4v) is 3.16. The lowest BCUT2D eigenvalue weighted by atomic mass is 9.90. The maximum Gasteiger partial charge on any atom is 0.224 e. The van der Waals surface area contributed by atoms with Gasteiger partial charge in [0.25, 0.3) is 0 Å². The standard InChI is InChI=1S/C18H27N3O2.ClH/c1-13(19)15-8-10-21(11-9-15)18(23)12-17(20-14(2)22)16-6-4-3-5-7-16;/h3-7,13,15,17H,8-12,19H2,1-2H3,(H,20,22);1H. The highest BCUT2D eigenvalue weighted by molar-refractivity contribution is 5.85. The Bertz CT molecular complexity index is 528. The Kier molecular flexibility index (Phi) is 8.22. The number of nitrogens with one attached hydrogen (secondary N) is 1. The summed E-state index contributed by atoms with van der Waals surface area (Å²) in [6.07, 6.45) is 2.21. The lowest BCUT2D eigenvalue weighted by Gasteiger charge is -2.34. The SMILES string of the molecule is CC(=O)NC(CC(=O)N1CCC(C(C)N)CC1)c1ccccc1.Cl. The highest BCUT2D eigenvalue weighted by atomic mass is 35.5. The minimum atomic E-state index is -0.271. The van der Waals surface area contributed by atoms with Gasteiger partial charge in [0.1, 0.15) is 0 Å². The Hall–Kier alpha value is -1.59. The van der Waals surface area contributed by atoms with Crippen LogP contribution in [0.4, 0.5) is 0 Å². The Morgan fingerprint density at radius 3 is 2.33 bits per heavy atom. The van der Waals surface area contributed by atoms with Crippen LogP contribution in [-0.2, 0) is 9.59 Å². The second-order valence-corrected chi connectivity index (χ2v) is 6.45. The molecule has 0 radical (unpaired) electrons. The molecule has 0 aromatic heterocycles. The Balaban J connectivity index is 0.00000288. The summed E-state index contributed by atoms with van der Waals surface area (Å²) in [5.74, 6) is 0.470. The number of likely N-dealkylation sites (tertiary alicyclic amines) is 1. The molecule has 1 aromatic carbocycles. The van der Waals surface area contributed by atoms with Crippen molar-refractivity contribution < 1.29 is 9.59 Å². The van der Waals surface area contributed by atoms with Crippen LogP contribution in [0, 0.1) is 5.92 Å². The normalized spacial score (nSPS) is 17.5. The maximum absolute atomic E-state index is 12.6. The summed E-state index contributed by atoms with van der Waals surface area (Å²) >= 11 is 0. The van der Waals surface area contributed by atoms with Crippen molar-refractivity contribution >= 4 is 24.2 Å². The topological polar surface area (TPSA) is 75.4 Å². The van der Waals surface area contributed by atoms with Gasteiger partial charge in [0.05, 0.1) is 12.5 Å². The van der Waals surface area contributed by atoms with Crippen molar-refractivity contribution in [2.24, 2.45) is 11.7 Å². The minimum Gasteiger partial charge on any atom is -0.349 e.